The Morgan fingerprint density at radius 2 is 1.87 bits per heavy atom. The van der Waals surface area contributed by atoms with Gasteiger partial charge >= 0.3 is 0 Å². The second-order valence-electron chi connectivity index (χ2n) is 6.19. The van der Waals surface area contributed by atoms with Crippen molar-refractivity contribution < 1.29 is 13.2 Å². The maximum atomic E-state index is 12.8. The number of benzene rings is 1. The first-order chi connectivity index (χ1) is 11.0. The van der Waals surface area contributed by atoms with Crippen LogP contribution in [0.3, 0.4) is 0 Å². The summed E-state index contributed by atoms with van der Waals surface area (Å²) in [5.41, 5.74) is 0. The minimum atomic E-state index is -3.54. The molecule has 0 saturated carbocycles. The molecule has 2 heterocycles. The summed E-state index contributed by atoms with van der Waals surface area (Å²) >= 11 is 3.31. The number of piperidine rings is 1. The maximum absolute atomic E-state index is 12.8. The Morgan fingerprint density at radius 1 is 1.13 bits per heavy atom. The van der Waals surface area contributed by atoms with Crippen molar-refractivity contribution in [3.05, 3.63) is 28.7 Å². The molecule has 7 heteroatoms. The summed E-state index contributed by atoms with van der Waals surface area (Å²) in [6.45, 7) is 2.41. The molecule has 5 nitrogen and oxygen atoms in total. The van der Waals surface area contributed by atoms with Gasteiger partial charge in [-0.15, -0.1) is 0 Å². The topological polar surface area (TPSA) is 57.7 Å². The molecule has 126 valence electrons. The van der Waals surface area contributed by atoms with Gasteiger partial charge in [0.25, 0.3) is 0 Å². The molecule has 0 spiro atoms. The minimum absolute atomic E-state index is 0.122. The Morgan fingerprint density at radius 3 is 2.57 bits per heavy atom. The molecule has 2 saturated heterocycles. The number of nitrogens with zero attached hydrogens (tertiary/aromatic N) is 2. The third kappa shape index (κ3) is 3.61. The summed E-state index contributed by atoms with van der Waals surface area (Å²) in [5, 5.41) is 0. The fourth-order valence-corrected chi connectivity index (χ4v) is 5.46. The summed E-state index contributed by atoms with van der Waals surface area (Å²) in [5.74, 6) is -0.0829. The maximum Gasteiger partial charge on any atom is 0.243 e. The van der Waals surface area contributed by atoms with E-state index < -0.39 is 10.0 Å². The van der Waals surface area contributed by atoms with E-state index in [-0.39, 0.29) is 16.7 Å². The fourth-order valence-electron chi connectivity index (χ4n) is 3.33. The molecule has 3 rings (SSSR count). The summed E-state index contributed by atoms with van der Waals surface area (Å²) in [6.07, 6.45) is 3.62. The van der Waals surface area contributed by atoms with Crippen molar-refractivity contribution in [1.82, 2.24) is 9.21 Å². The third-order valence-corrected chi connectivity index (χ3v) is 6.94. The van der Waals surface area contributed by atoms with Crippen LogP contribution in [0.2, 0.25) is 0 Å². The Kier molecular flexibility index (Phi) is 5.08. The number of rotatable bonds is 3. The first-order valence-electron chi connectivity index (χ1n) is 8.03. The Bertz CT molecular complexity index is 686. The second kappa shape index (κ2) is 6.91. The van der Waals surface area contributed by atoms with Crippen LogP contribution in [0, 0.1) is 5.92 Å². The SMILES string of the molecule is O=C(C1CCCN(S(=O)(=O)c2cccc(Br)c2)C1)N1CCCC1. The summed E-state index contributed by atoms with van der Waals surface area (Å²) in [6, 6.07) is 6.73. The van der Waals surface area contributed by atoms with E-state index in [0.717, 1.165) is 43.2 Å². The minimum Gasteiger partial charge on any atom is -0.342 e. The molecular weight excluding hydrogens is 380 g/mol. The average Bonchev–Trinajstić information content (AvgIpc) is 3.09. The van der Waals surface area contributed by atoms with E-state index in [4.69, 9.17) is 0 Å². The van der Waals surface area contributed by atoms with Gasteiger partial charge in [-0.3, -0.25) is 4.79 Å². The molecule has 2 fully saturated rings. The predicted molar refractivity (Wildman–Crippen MR) is 91.4 cm³/mol. The van der Waals surface area contributed by atoms with Crippen molar-refractivity contribution in [3.63, 3.8) is 0 Å². The van der Waals surface area contributed by atoms with Crippen LogP contribution in [-0.2, 0) is 14.8 Å². The third-order valence-electron chi connectivity index (χ3n) is 4.58. The normalized spacial score (nSPS) is 23.2. The average molecular weight is 401 g/mol. The molecule has 1 unspecified atom stereocenters. The van der Waals surface area contributed by atoms with Crippen LogP contribution in [0.1, 0.15) is 25.7 Å². The van der Waals surface area contributed by atoms with E-state index in [0.29, 0.717) is 13.1 Å². The van der Waals surface area contributed by atoms with Crippen molar-refractivity contribution >= 4 is 31.9 Å². The lowest BCUT2D eigenvalue weighted by Gasteiger charge is -2.33. The highest BCUT2D eigenvalue weighted by Gasteiger charge is 2.35. The lowest BCUT2D eigenvalue weighted by atomic mass is 9.98. The number of amides is 1. The number of carbonyl (C=O) groups is 1. The van der Waals surface area contributed by atoms with Crippen LogP contribution in [-0.4, -0.2) is 49.7 Å². The van der Waals surface area contributed by atoms with Gasteiger partial charge in [-0.1, -0.05) is 22.0 Å². The molecule has 0 aliphatic carbocycles. The zero-order chi connectivity index (χ0) is 16.4. The van der Waals surface area contributed by atoms with Crippen molar-refractivity contribution in [2.75, 3.05) is 26.2 Å². The highest BCUT2D eigenvalue weighted by Crippen LogP contribution is 2.27. The number of likely N-dealkylation sites (tertiary alicyclic amines) is 1. The van der Waals surface area contributed by atoms with Crippen LogP contribution < -0.4 is 0 Å². The second-order valence-corrected chi connectivity index (χ2v) is 9.05. The highest BCUT2D eigenvalue weighted by molar-refractivity contribution is 9.10. The lowest BCUT2D eigenvalue weighted by molar-refractivity contribution is -0.135. The van der Waals surface area contributed by atoms with E-state index in [1.165, 1.54) is 4.31 Å². The van der Waals surface area contributed by atoms with Gasteiger partial charge in [0.05, 0.1) is 10.8 Å². The molecule has 2 aliphatic rings. The van der Waals surface area contributed by atoms with E-state index in [1.807, 2.05) is 4.90 Å². The summed E-state index contributed by atoms with van der Waals surface area (Å²) < 4.78 is 27.8. The van der Waals surface area contributed by atoms with Gasteiger partial charge in [-0.2, -0.15) is 4.31 Å². The molecule has 0 radical (unpaired) electrons. The number of halogens is 1. The van der Waals surface area contributed by atoms with E-state index in [9.17, 15) is 13.2 Å². The smallest absolute Gasteiger partial charge is 0.243 e. The van der Waals surface area contributed by atoms with Crippen molar-refractivity contribution in [3.8, 4) is 0 Å². The first kappa shape index (κ1) is 16.9. The Balaban J connectivity index is 1.76. The zero-order valence-electron chi connectivity index (χ0n) is 12.9. The number of hydrogen-bond donors (Lipinski definition) is 0. The standard InChI is InChI=1S/C16H21BrN2O3S/c17-14-6-3-7-15(11-14)23(21,22)19-10-4-5-13(12-19)16(20)18-8-1-2-9-18/h3,6-7,11,13H,1-2,4-5,8-10,12H2. The first-order valence-corrected chi connectivity index (χ1v) is 10.3. The molecule has 1 aromatic rings. The highest BCUT2D eigenvalue weighted by atomic mass is 79.9. The van der Waals surface area contributed by atoms with Crippen LogP contribution in [0.4, 0.5) is 0 Å². The number of sulfonamides is 1. The Hall–Kier alpha value is -0.920. The van der Waals surface area contributed by atoms with Crippen molar-refractivity contribution in [2.45, 2.75) is 30.6 Å². The van der Waals surface area contributed by atoms with Gasteiger partial charge in [0.1, 0.15) is 0 Å². The van der Waals surface area contributed by atoms with Gasteiger partial charge in [-0.05, 0) is 43.9 Å². The van der Waals surface area contributed by atoms with Gasteiger partial charge in [0.15, 0.2) is 0 Å². The molecule has 2 aliphatic heterocycles. The molecule has 0 aromatic heterocycles. The summed E-state index contributed by atoms with van der Waals surface area (Å²) in [4.78, 5) is 14.7. The fraction of sp³-hybridized carbons (Fsp3) is 0.562. The van der Waals surface area contributed by atoms with Gasteiger partial charge < -0.3 is 4.90 Å². The van der Waals surface area contributed by atoms with Gasteiger partial charge in [0, 0.05) is 30.7 Å². The van der Waals surface area contributed by atoms with Crippen LogP contribution in [0.25, 0.3) is 0 Å². The van der Waals surface area contributed by atoms with E-state index in [2.05, 4.69) is 15.9 Å². The van der Waals surface area contributed by atoms with Crippen molar-refractivity contribution in [1.29, 1.82) is 0 Å². The molecule has 1 atom stereocenters. The lowest BCUT2D eigenvalue weighted by Crippen LogP contribution is -2.46. The van der Waals surface area contributed by atoms with Crippen LogP contribution in [0.15, 0.2) is 33.6 Å². The van der Waals surface area contributed by atoms with Crippen LogP contribution >= 0.6 is 15.9 Å². The summed E-state index contributed by atoms with van der Waals surface area (Å²) in [7, 11) is -3.54. The number of hydrogen-bond acceptors (Lipinski definition) is 3. The zero-order valence-corrected chi connectivity index (χ0v) is 15.4. The van der Waals surface area contributed by atoms with Crippen LogP contribution in [0.5, 0.6) is 0 Å². The van der Waals surface area contributed by atoms with Gasteiger partial charge in [0.2, 0.25) is 15.9 Å². The number of carbonyl (C=O) groups excluding carboxylic acids is 1. The monoisotopic (exact) mass is 400 g/mol. The van der Waals surface area contributed by atoms with Gasteiger partial charge in [-0.25, -0.2) is 8.42 Å². The van der Waals surface area contributed by atoms with E-state index >= 15 is 0 Å². The molecule has 1 amide bonds. The molecule has 23 heavy (non-hydrogen) atoms. The van der Waals surface area contributed by atoms with Crippen molar-refractivity contribution in [2.24, 2.45) is 5.92 Å². The molecule has 0 bridgehead atoms. The predicted octanol–water partition coefficient (Wildman–Crippen LogP) is 2.47. The molecule has 1 aromatic carbocycles. The largest absolute Gasteiger partial charge is 0.342 e. The van der Waals surface area contributed by atoms with E-state index in [1.54, 1.807) is 24.3 Å². The quantitative estimate of drug-likeness (QED) is 0.782. The molecule has 0 N–H and O–H groups in total. The molecular formula is C16H21BrN2O3S. The Labute approximate surface area is 145 Å².